The maximum absolute atomic E-state index is 11.7. The van der Waals surface area contributed by atoms with E-state index in [0.717, 1.165) is 22.9 Å². The van der Waals surface area contributed by atoms with Crippen molar-refractivity contribution in [3.8, 4) is 22.6 Å². The van der Waals surface area contributed by atoms with E-state index in [-0.39, 0.29) is 0 Å². The Bertz CT molecular complexity index is 1030. The summed E-state index contributed by atoms with van der Waals surface area (Å²) in [5.74, 6) is 1.29. The van der Waals surface area contributed by atoms with Gasteiger partial charge in [0.1, 0.15) is 6.10 Å². The molecule has 28 heavy (non-hydrogen) atoms. The summed E-state index contributed by atoms with van der Waals surface area (Å²) >= 11 is 0. The third-order valence-electron chi connectivity index (χ3n) is 4.21. The van der Waals surface area contributed by atoms with Crippen molar-refractivity contribution in [2.75, 3.05) is 20.5 Å². The number of nitrogens with zero attached hydrogens (tertiary/aromatic N) is 1. The van der Waals surface area contributed by atoms with Gasteiger partial charge in [0.15, 0.2) is 11.5 Å². The minimum Gasteiger partial charge on any atom is -0.493 e. The SMILES string of the molecule is COc1ccc(-c2ccc(C(OS(C)(=O)=O)c3ccncc3)cc2)cc1OC. The number of aromatic nitrogens is 1. The molecule has 0 aliphatic rings. The van der Waals surface area contributed by atoms with Gasteiger partial charge in [0.05, 0.1) is 20.5 Å². The third kappa shape index (κ3) is 4.68. The van der Waals surface area contributed by atoms with E-state index in [0.29, 0.717) is 17.1 Å². The number of methoxy groups -OCH3 is 2. The smallest absolute Gasteiger partial charge is 0.265 e. The van der Waals surface area contributed by atoms with Crippen molar-refractivity contribution in [1.82, 2.24) is 4.98 Å². The molecule has 0 radical (unpaired) electrons. The summed E-state index contributed by atoms with van der Waals surface area (Å²) < 4.78 is 39.4. The fourth-order valence-corrected chi connectivity index (χ4v) is 3.45. The zero-order chi connectivity index (χ0) is 20.1. The van der Waals surface area contributed by atoms with Crippen molar-refractivity contribution in [2.45, 2.75) is 6.10 Å². The second-order valence-corrected chi connectivity index (χ2v) is 7.75. The van der Waals surface area contributed by atoms with Gasteiger partial charge >= 0.3 is 0 Å². The highest BCUT2D eigenvalue weighted by molar-refractivity contribution is 7.86. The van der Waals surface area contributed by atoms with Crippen molar-refractivity contribution < 1.29 is 22.1 Å². The van der Waals surface area contributed by atoms with E-state index in [1.807, 2.05) is 42.5 Å². The van der Waals surface area contributed by atoms with E-state index in [2.05, 4.69) is 4.98 Å². The highest BCUT2D eigenvalue weighted by atomic mass is 32.2. The fraction of sp³-hybridized carbons (Fsp3) is 0.190. The van der Waals surface area contributed by atoms with E-state index in [4.69, 9.17) is 13.7 Å². The van der Waals surface area contributed by atoms with E-state index in [1.165, 1.54) is 0 Å². The lowest BCUT2D eigenvalue weighted by Gasteiger charge is -2.17. The van der Waals surface area contributed by atoms with Crippen molar-refractivity contribution in [3.05, 3.63) is 78.1 Å². The fourth-order valence-electron chi connectivity index (χ4n) is 2.88. The number of benzene rings is 2. The molecule has 2 aromatic carbocycles. The van der Waals surface area contributed by atoms with Gasteiger partial charge in [0.25, 0.3) is 10.1 Å². The average Bonchev–Trinajstić information content (AvgIpc) is 2.71. The molecular formula is C21H21NO5S. The molecule has 1 unspecified atom stereocenters. The van der Waals surface area contributed by atoms with E-state index in [9.17, 15) is 8.42 Å². The lowest BCUT2D eigenvalue weighted by molar-refractivity contribution is 0.256. The maximum atomic E-state index is 11.7. The van der Waals surface area contributed by atoms with Crippen LogP contribution in [0.25, 0.3) is 11.1 Å². The maximum Gasteiger partial charge on any atom is 0.265 e. The molecule has 0 amide bonds. The third-order valence-corrected chi connectivity index (χ3v) is 4.75. The van der Waals surface area contributed by atoms with Gasteiger partial charge in [-0.25, -0.2) is 0 Å². The first kappa shape index (κ1) is 19.9. The topological polar surface area (TPSA) is 74.7 Å². The summed E-state index contributed by atoms with van der Waals surface area (Å²) in [4.78, 5) is 3.98. The lowest BCUT2D eigenvalue weighted by Crippen LogP contribution is -2.12. The van der Waals surface area contributed by atoms with Gasteiger partial charge in [-0.1, -0.05) is 30.3 Å². The molecule has 1 aromatic heterocycles. The Balaban J connectivity index is 1.95. The van der Waals surface area contributed by atoms with E-state index >= 15 is 0 Å². The molecule has 0 N–H and O–H groups in total. The highest BCUT2D eigenvalue weighted by Crippen LogP contribution is 2.34. The summed E-state index contributed by atoms with van der Waals surface area (Å²) in [7, 11) is -0.469. The number of ether oxygens (including phenoxy) is 2. The molecule has 0 bridgehead atoms. The Morgan fingerprint density at radius 2 is 1.36 bits per heavy atom. The molecule has 6 nitrogen and oxygen atoms in total. The standard InChI is InChI=1S/C21H21NO5S/c1-25-19-9-8-18(14-20(19)26-2)15-4-6-16(7-5-15)21(27-28(3,23)24)17-10-12-22-13-11-17/h4-14,21H,1-3H3. The van der Waals surface area contributed by atoms with Crippen LogP contribution in [0.3, 0.4) is 0 Å². The van der Waals surface area contributed by atoms with Crippen molar-refractivity contribution >= 4 is 10.1 Å². The average molecular weight is 399 g/mol. The Morgan fingerprint density at radius 3 is 1.93 bits per heavy atom. The second kappa shape index (κ2) is 8.41. The zero-order valence-electron chi connectivity index (χ0n) is 15.8. The van der Waals surface area contributed by atoms with Gasteiger partial charge in [0.2, 0.25) is 0 Å². The first-order valence-electron chi connectivity index (χ1n) is 8.52. The summed E-state index contributed by atoms with van der Waals surface area (Å²) in [5.41, 5.74) is 3.34. The molecule has 1 atom stereocenters. The van der Waals surface area contributed by atoms with E-state index < -0.39 is 16.2 Å². The van der Waals surface area contributed by atoms with Crippen LogP contribution in [0.5, 0.6) is 11.5 Å². The lowest BCUT2D eigenvalue weighted by atomic mass is 9.98. The molecule has 0 aliphatic carbocycles. The summed E-state index contributed by atoms with van der Waals surface area (Å²) in [5, 5.41) is 0. The minimum atomic E-state index is -3.65. The van der Waals surface area contributed by atoms with Crippen LogP contribution in [-0.4, -0.2) is 33.9 Å². The van der Waals surface area contributed by atoms with Crippen LogP contribution in [0.2, 0.25) is 0 Å². The Kier molecular flexibility index (Phi) is 5.96. The van der Waals surface area contributed by atoms with Gasteiger partial charge < -0.3 is 9.47 Å². The summed E-state index contributed by atoms with van der Waals surface area (Å²) in [6.45, 7) is 0. The van der Waals surface area contributed by atoms with Gasteiger partial charge in [-0.2, -0.15) is 8.42 Å². The Hall–Kier alpha value is -2.90. The monoisotopic (exact) mass is 399 g/mol. The molecule has 146 valence electrons. The molecular weight excluding hydrogens is 378 g/mol. The first-order valence-corrected chi connectivity index (χ1v) is 10.3. The Labute approximate surface area is 164 Å². The first-order chi connectivity index (χ1) is 13.4. The zero-order valence-corrected chi connectivity index (χ0v) is 16.6. The van der Waals surface area contributed by atoms with Gasteiger partial charge in [-0.3, -0.25) is 9.17 Å². The molecule has 7 heteroatoms. The van der Waals surface area contributed by atoms with Crippen LogP contribution in [0.4, 0.5) is 0 Å². The number of rotatable bonds is 7. The van der Waals surface area contributed by atoms with Gasteiger partial charge in [0, 0.05) is 12.4 Å². The Morgan fingerprint density at radius 1 is 0.786 bits per heavy atom. The second-order valence-electron chi connectivity index (χ2n) is 6.15. The number of pyridine rings is 1. The molecule has 1 heterocycles. The highest BCUT2D eigenvalue weighted by Gasteiger charge is 2.20. The number of hydrogen-bond acceptors (Lipinski definition) is 6. The molecule has 0 fully saturated rings. The minimum absolute atomic E-state index is 0.638. The van der Waals surface area contributed by atoms with Crippen LogP contribution in [0, 0.1) is 0 Å². The number of hydrogen-bond donors (Lipinski definition) is 0. The van der Waals surface area contributed by atoms with Crippen LogP contribution >= 0.6 is 0 Å². The van der Waals surface area contributed by atoms with Crippen LogP contribution in [0.1, 0.15) is 17.2 Å². The molecule has 3 rings (SSSR count). The van der Waals surface area contributed by atoms with E-state index in [1.54, 1.807) is 38.7 Å². The van der Waals surface area contributed by atoms with Crippen molar-refractivity contribution in [3.63, 3.8) is 0 Å². The summed E-state index contributed by atoms with van der Waals surface area (Å²) in [6.07, 6.45) is 3.51. The van der Waals surface area contributed by atoms with Gasteiger partial charge in [-0.15, -0.1) is 0 Å². The molecule has 0 saturated carbocycles. The van der Waals surface area contributed by atoms with Crippen LogP contribution in [0.15, 0.2) is 67.0 Å². The molecule has 0 spiro atoms. The quantitative estimate of drug-likeness (QED) is 0.562. The molecule has 0 aliphatic heterocycles. The molecule has 0 saturated heterocycles. The predicted octanol–water partition coefficient (Wildman–Crippen LogP) is 3.83. The summed E-state index contributed by atoms with van der Waals surface area (Å²) in [6, 6.07) is 16.7. The van der Waals surface area contributed by atoms with Crippen molar-refractivity contribution in [1.29, 1.82) is 0 Å². The van der Waals surface area contributed by atoms with Crippen LogP contribution < -0.4 is 9.47 Å². The van der Waals surface area contributed by atoms with Crippen LogP contribution in [-0.2, 0) is 14.3 Å². The van der Waals surface area contributed by atoms with Gasteiger partial charge in [-0.05, 0) is 46.5 Å². The normalized spacial score (nSPS) is 12.4. The molecule has 3 aromatic rings. The predicted molar refractivity (Wildman–Crippen MR) is 107 cm³/mol. The van der Waals surface area contributed by atoms with Crippen molar-refractivity contribution in [2.24, 2.45) is 0 Å². The largest absolute Gasteiger partial charge is 0.493 e.